The van der Waals surface area contributed by atoms with Gasteiger partial charge in [0.2, 0.25) is 0 Å². The lowest BCUT2D eigenvalue weighted by molar-refractivity contribution is 0.344. The normalized spacial score (nSPS) is 10.5. The molecule has 1 aromatic heterocycles. The summed E-state index contributed by atoms with van der Waals surface area (Å²) in [5.41, 5.74) is 1.06. The topological polar surface area (TPSA) is 36.3 Å². The second kappa shape index (κ2) is 7.74. The molecule has 5 heteroatoms. The van der Waals surface area contributed by atoms with E-state index < -0.39 is 0 Å². The van der Waals surface area contributed by atoms with Gasteiger partial charge in [0.1, 0.15) is 11.5 Å². The van der Waals surface area contributed by atoms with E-state index in [9.17, 15) is 0 Å². The standard InChI is InChI=1S/C18H18N2O2S/c1-21-16-9-7-15(8-10-16)20-12-11-19-18(20)23-14-13-22-17-5-3-2-4-6-17/h2-12H,13-14H2,1H3. The molecule has 0 bridgehead atoms. The van der Waals surface area contributed by atoms with Crippen molar-refractivity contribution >= 4 is 11.8 Å². The molecule has 0 fully saturated rings. The summed E-state index contributed by atoms with van der Waals surface area (Å²) in [6.45, 7) is 0.643. The average molecular weight is 326 g/mol. The van der Waals surface area contributed by atoms with Gasteiger partial charge in [-0.25, -0.2) is 4.98 Å². The van der Waals surface area contributed by atoms with Gasteiger partial charge in [-0.05, 0) is 36.4 Å². The predicted molar refractivity (Wildman–Crippen MR) is 92.8 cm³/mol. The molecular formula is C18H18N2O2S. The number of benzene rings is 2. The van der Waals surface area contributed by atoms with Gasteiger partial charge >= 0.3 is 0 Å². The number of ether oxygens (including phenoxy) is 2. The van der Waals surface area contributed by atoms with Crippen molar-refractivity contribution in [3.8, 4) is 17.2 Å². The molecule has 0 radical (unpaired) electrons. The first-order valence-electron chi connectivity index (χ1n) is 7.35. The van der Waals surface area contributed by atoms with Gasteiger partial charge < -0.3 is 9.47 Å². The fourth-order valence-electron chi connectivity index (χ4n) is 2.15. The number of hydrogen-bond donors (Lipinski definition) is 0. The number of para-hydroxylation sites is 1. The summed E-state index contributed by atoms with van der Waals surface area (Å²) in [6, 6.07) is 17.8. The van der Waals surface area contributed by atoms with E-state index in [2.05, 4.69) is 9.55 Å². The molecule has 1 heterocycles. The van der Waals surface area contributed by atoms with Gasteiger partial charge in [-0.3, -0.25) is 4.57 Å². The maximum atomic E-state index is 5.71. The molecule has 0 amide bonds. The van der Waals surface area contributed by atoms with E-state index in [0.717, 1.165) is 28.1 Å². The average Bonchev–Trinajstić information content (AvgIpc) is 3.08. The Hall–Kier alpha value is -2.40. The summed E-state index contributed by atoms with van der Waals surface area (Å²) in [6.07, 6.45) is 3.77. The van der Waals surface area contributed by atoms with Crippen molar-refractivity contribution in [3.63, 3.8) is 0 Å². The van der Waals surface area contributed by atoms with Crippen molar-refractivity contribution in [2.45, 2.75) is 5.16 Å². The molecule has 0 spiro atoms. The van der Waals surface area contributed by atoms with Crippen LogP contribution in [0.1, 0.15) is 0 Å². The summed E-state index contributed by atoms with van der Waals surface area (Å²) in [5.74, 6) is 2.58. The van der Waals surface area contributed by atoms with E-state index in [4.69, 9.17) is 9.47 Å². The minimum absolute atomic E-state index is 0.643. The Morgan fingerprint density at radius 3 is 2.52 bits per heavy atom. The maximum absolute atomic E-state index is 5.71. The Morgan fingerprint density at radius 2 is 1.78 bits per heavy atom. The first-order chi connectivity index (χ1) is 11.4. The SMILES string of the molecule is COc1ccc(-n2ccnc2SCCOc2ccccc2)cc1. The number of nitrogens with zero attached hydrogens (tertiary/aromatic N) is 2. The Kier molecular flexibility index (Phi) is 5.21. The van der Waals surface area contributed by atoms with Crippen LogP contribution in [0, 0.1) is 0 Å². The zero-order chi connectivity index (χ0) is 15.9. The van der Waals surface area contributed by atoms with Crippen LogP contribution in [-0.4, -0.2) is 29.0 Å². The van der Waals surface area contributed by atoms with Crippen molar-refractivity contribution in [2.75, 3.05) is 19.5 Å². The molecule has 0 aliphatic heterocycles. The number of rotatable bonds is 7. The third-order valence-corrected chi connectivity index (χ3v) is 4.21. The van der Waals surface area contributed by atoms with E-state index in [0.29, 0.717) is 6.61 Å². The van der Waals surface area contributed by atoms with Crippen LogP contribution in [0.25, 0.3) is 5.69 Å². The van der Waals surface area contributed by atoms with Crippen molar-refractivity contribution in [3.05, 3.63) is 67.0 Å². The maximum Gasteiger partial charge on any atom is 0.172 e. The van der Waals surface area contributed by atoms with Crippen molar-refractivity contribution < 1.29 is 9.47 Å². The Balaban J connectivity index is 1.57. The Bertz CT molecular complexity index is 726. The third-order valence-electron chi connectivity index (χ3n) is 3.28. The fraction of sp³-hybridized carbons (Fsp3) is 0.167. The number of aromatic nitrogens is 2. The van der Waals surface area contributed by atoms with Crippen molar-refractivity contribution in [1.82, 2.24) is 9.55 Å². The fourth-order valence-corrected chi connectivity index (χ4v) is 2.94. The lowest BCUT2D eigenvalue weighted by atomic mass is 10.3. The molecule has 0 saturated carbocycles. The highest BCUT2D eigenvalue weighted by Crippen LogP contribution is 2.22. The van der Waals surface area contributed by atoms with E-state index in [1.807, 2.05) is 67.0 Å². The molecule has 0 atom stereocenters. The lowest BCUT2D eigenvalue weighted by Gasteiger charge is -2.09. The lowest BCUT2D eigenvalue weighted by Crippen LogP contribution is -2.02. The number of imidazole rings is 1. The molecule has 4 nitrogen and oxygen atoms in total. The van der Waals surface area contributed by atoms with Gasteiger partial charge in [0.25, 0.3) is 0 Å². The molecule has 0 N–H and O–H groups in total. The second-order valence-corrected chi connectivity index (χ2v) is 5.85. The van der Waals surface area contributed by atoms with Crippen LogP contribution in [0.5, 0.6) is 11.5 Å². The molecule has 2 aromatic carbocycles. The molecule has 3 rings (SSSR count). The highest BCUT2D eigenvalue weighted by atomic mass is 32.2. The van der Waals surface area contributed by atoms with Gasteiger partial charge in [-0.1, -0.05) is 30.0 Å². The molecule has 23 heavy (non-hydrogen) atoms. The first-order valence-corrected chi connectivity index (χ1v) is 8.34. The van der Waals surface area contributed by atoms with Crippen molar-refractivity contribution in [1.29, 1.82) is 0 Å². The van der Waals surface area contributed by atoms with Crippen molar-refractivity contribution in [2.24, 2.45) is 0 Å². The smallest absolute Gasteiger partial charge is 0.172 e. The summed E-state index contributed by atoms with van der Waals surface area (Å²) in [7, 11) is 1.67. The number of methoxy groups -OCH3 is 1. The van der Waals surface area contributed by atoms with Crippen LogP contribution in [0.15, 0.2) is 72.1 Å². The molecule has 3 aromatic rings. The van der Waals surface area contributed by atoms with E-state index >= 15 is 0 Å². The van der Waals surface area contributed by atoms with E-state index in [-0.39, 0.29) is 0 Å². The van der Waals surface area contributed by atoms with Gasteiger partial charge in [0, 0.05) is 23.8 Å². The Morgan fingerprint density at radius 1 is 1.00 bits per heavy atom. The monoisotopic (exact) mass is 326 g/mol. The Labute approximate surface area is 140 Å². The zero-order valence-electron chi connectivity index (χ0n) is 12.9. The van der Waals surface area contributed by atoms with E-state index in [1.165, 1.54) is 0 Å². The highest BCUT2D eigenvalue weighted by molar-refractivity contribution is 7.99. The summed E-state index contributed by atoms with van der Waals surface area (Å²) < 4.78 is 13.0. The zero-order valence-corrected chi connectivity index (χ0v) is 13.7. The third kappa shape index (κ3) is 4.07. The van der Waals surface area contributed by atoms with Crippen LogP contribution in [-0.2, 0) is 0 Å². The minimum atomic E-state index is 0.643. The first kappa shape index (κ1) is 15.5. The summed E-state index contributed by atoms with van der Waals surface area (Å²) in [4.78, 5) is 4.42. The number of thioether (sulfide) groups is 1. The summed E-state index contributed by atoms with van der Waals surface area (Å²) in [5, 5.41) is 0.951. The molecule has 118 valence electrons. The summed E-state index contributed by atoms with van der Waals surface area (Å²) >= 11 is 1.67. The molecule has 0 unspecified atom stereocenters. The largest absolute Gasteiger partial charge is 0.497 e. The number of hydrogen-bond acceptors (Lipinski definition) is 4. The van der Waals surface area contributed by atoms with Gasteiger partial charge in [-0.2, -0.15) is 0 Å². The quantitative estimate of drug-likeness (QED) is 0.485. The molecular weight excluding hydrogens is 308 g/mol. The van der Waals surface area contributed by atoms with E-state index in [1.54, 1.807) is 18.9 Å². The van der Waals surface area contributed by atoms with Gasteiger partial charge in [0.15, 0.2) is 5.16 Å². The van der Waals surface area contributed by atoms with Crippen LogP contribution in [0.3, 0.4) is 0 Å². The molecule has 0 aliphatic rings. The van der Waals surface area contributed by atoms with Crippen LogP contribution >= 0.6 is 11.8 Å². The van der Waals surface area contributed by atoms with Crippen LogP contribution < -0.4 is 9.47 Å². The molecule has 0 aliphatic carbocycles. The molecule has 0 saturated heterocycles. The minimum Gasteiger partial charge on any atom is -0.497 e. The van der Waals surface area contributed by atoms with Gasteiger partial charge in [0.05, 0.1) is 13.7 Å². The predicted octanol–water partition coefficient (Wildman–Crippen LogP) is 4.05. The van der Waals surface area contributed by atoms with Crippen LogP contribution in [0.4, 0.5) is 0 Å². The van der Waals surface area contributed by atoms with Crippen LogP contribution in [0.2, 0.25) is 0 Å². The highest BCUT2D eigenvalue weighted by Gasteiger charge is 2.06. The second-order valence-electron chi connectivity index (χ2n) is 4.79. The van der Waals surface area contributed by atoms with Gasteiger partial charge in [-0.15, -0.1) is 0 Å².